The Balaban J connectivity index is 1.18. The van der Waals surface area contributed by atoms with Crippen LogP contribution in [0.15, 0.2) is 83.4 Å². The van der Waals surface area contributed by atoms with Gasteiger partial charge in [-0.25, -0.2) is 0 Å². The lowest BCUT2D eigenvalue weighted by atomic mass is 9.66. The molecule has 7 nitrogen and oxygen atoms in total. The molecule has 48 heavy (non-hydrogen) atoms. The Morgan fingerprint density at radius 2 is 1.62 bits per heavy atom. The van der Waals surface area contributed by atoms with Gasteiger partial charge in [-0.15, -0.1) is 0 Å². The Kier molecular flexibility index (Phi) is 10.5. The maximum Gasteiger partial charge on any atom is 0.234 e. The second-order valence-electron chi connectivity index (χ2n) is 14.2. The van der Waals surface area contributed by atoms with Gasteiger partial charge >= 0.3 is 0 Å². The Bertz CT molecular complexity index is 1690. The lowest BCUT2D eigenvalue weighted by Crippen LogP contribution is -2.47. The van der Waals surface area contributed by atoms with Crippen LogP contribution in [0.4, 0.5) is 0 Å². The molecule has 3 aromatic rings. The highest BCUT2D eigenvalue weighted by molar-refractivity contribution is 6.06. The van der Waals surface area contributed by atoms with Crippen LogP contribution in [-0.2, 0) is 16.1 Å². The zero-order valence-electron chi connectivity index (χ0n) is 28.5. The van der Waals surface area contributed by atoms with Crippen molar-refractivity contribution in [1.29, 1.82) is 0 Å². The number of rotatable bonds is 11. The fourth-order valence-electron chi connectivity index (χ4n) is 8.49. The number of phenolic OH excluding ortho intramolecular Hbond substituents is 1. The van der Waals surface area contributed by atoms with E-state index in [9.17, 15) is 24.9 Å². The number of imide groups is 1. The van der Waals surface area contributed by atoms with Crippen LogP contribution in [0, 0.1) is 23.7 Å². The first-order chi connectivity index (χ1) is 23.2. The van der Waals surface area contributed by atoms with Gasteiger partial charge in [0.15, 0.2) is 0 Å². The number of amides is 2. The summed E-state index contributed by atoms with van der Waals surface area (Å²) in [6.45, 7) is 8.48. The van der Waals surface area contributed by atoms with E-state index in [1.165, 1.54) is 11.1 Å². The van der Waals surface area contributed by atoms with E-state index in [1.54, 1.807) is 11.0 Å². The zero-order valence-corrected chi connectivity index (χ0v) is 28.5. The molecule has 0 unspecified atom stereocenters. The molecule has 6 rings (SSSR count). The van der Waals surface area contributed by atoms with E-state index in [0.29, 0.717) is 19.3 Å². The van der Waals surface area contributed by atoms with Crippen LogP contribution < -0.4 is 0 Å². The standard InChI is InChI=1S/C41H50N2O5/c1-4-27(22-29-15-17-36(45)32-13-9-8-12-31(29)32)14-16-37(46)38-33(26(2)3)23-34-39(35(38)25-44)41(48)43(40(34)47)30-18-20-42(21-19-30)24-28-10-6-5-7-11-28/h5-13,15,17,22,26,30,34-35,37,39,44-46H,4,14,16,18-21,23-25H2,1-3H3/b27-22+/t34-,35+,37-,39-/m1/s1. The number of carbonyl (C=O) groups is 2. The van der Waals surface area contributed by atoms with Crippen molar-refractivity contribution in [3.63, 3.8) is 0 Å². The summed E-state index contributed by atoms with van der Waals surface area (Å²) in [4.78, 5) is 32.0. The molecule has 2 amide bonds. The number of aliphatic hydroxyl groups excluding tert-OH is 2. The van der Waals surface area contributed by atoms with Crippen molar-refractivity contribution >= 4 is 28.7 Å². The van der Waals surface area contributed by atoms with Crippen LogP contribution in [0.3, 0.4) is 0 Å². The molecule has 2 saturated heterocycles. The molecule has 2 heterocycles. The summed E-state index contributed by atoms with van der Waals surface area (Å²) in [6, 6.07) is 21.7. The SMILES string of the molecule is CC/C(=C\c1ccc(O)c2ccccc12)CC[C@@H](O)C1=C(C(C)C)C[C@H]2C(=O)N(C3CCN(Cc4ccccc4)CC3)C(=O)[C@H]2[C@H]1CO. The maximum atomic E-state index is 14.1. The van der Waals surface area contributed by atoms with Gasteiger partial charge < -0.3 is 15.3 Å². The van der Waals surface area contributed by atoms with E-state index in [1.807, 2.05) is 48.5 Å². The number of benzene rings is 3. The lowest BCUT2D eigenvalue weighted by Gasteiger charge is -2.38. The molecule has 3 N–H and O–H groups in total. The Labute approximate surface area is 284 Å². The van der Waals surface area contributed by atoms with Crippen LogP contribution in [0.1, 0.15) is 70.4 Å². The quantitative estimate of drug-likeness (QED) is 0.158. The van der Waals surface area contributed by atoms with E-state index in [0.717, 1.165) is 66.4 Å². The van der Waals surface area contributed by atoms with Crippen LogP contribution >= 0.6 is 0 Å². The molecule has 0 radical (unpaired) electrons. The largest absolute Gasteiger partial charge is 0.507 e. The number of fused-ring (bicyclic) bond motifs is 2. The first-order valence-corrected chi connectivity index (χ1v) is 17.8. The van der Waals surface area contributed by atoms with Gasteiger partial charge in [0.2, 0.25) is 11.8 Å². The highest BCUT2D eigenvalue weighted by Gasteiger charge is 2.56. The molecule has 2 fully saturated rings. The number of nitrogens with zero attached hydrogens (tertiary/aromatic N) is 2. The van der Waals surface area contributed by atoms with Gasteiger partial charge in [-0.3, -0.25) is 19.4 Å². The first kappa shape index (κ1) is 34.1. The van der Waals surface area contributed by atoms with Gasteiger partial charge in [0.05, 0.1) is 24.5 Å². The van der Waals surface area contributed by atoms with Gasteiger partial charge in [0.1, 0.15) is 5.75 Å². The molecule has 2 aliphatic heterocycles. The molecule has 0 bridgehead atoms. The van der Waals surface area contributed by atoms with Crippen LogP contribution in [0.25, 0.3) is 16.8 Å². The van der Waals surface area contributed by atoms with E-state index < -0.39 is 23.9 Å². The van der Waals surface area contributed by atoms with Crippen molar-refractivity contribution < 1.29 is 24.9 Å². The number of hydrogen-bond donors (Lipinski definition) is 3. The predicted octanol–water partition coefficient (Wildman–Crippen LogP) is 6.71. The van der Waals surface area contributed by atoms with Gasteiger partial charge in [-0.05, 0) is 72.6 Å². The number of piperidine rings is 1. The van der Waals surface area contributed by atoms with E-state index in [4.69, 9.17) is 0 Å². The number of allylic oxidation sites excluding steroid dienone is 2. The van der Waals surface area contributed by atoms with Crippen molar-refractivity contribution in [2.45, 2.75) is 78.0 Å². The van der Waals surface area contributed by atoms with Crippen molar-refractivity contribution in [3.8, 4) is 5.75 Å². The third-order valence-corrected chi connectivity index (χ3v) is 11.1. The third-order valence-electron chi connectivity index (χ3n) is 11.1. The number of hydrogen-bond acceptors (Lipinski definition) is 6. The number of aliphatic hydroxyl groups is 2. The minimum absolute atomic E-state index is 0.0763. The van der Waals surface area contributed by atoms with Crippen molar-refractivity contribution in [1.82, 2.24) is 9.80 Å². The Morgan fingerprint density at radius 1 is 0.938 bits per heavy atom. The number of aromatic hydroxyl groups is 1. The molecular weight excluding hydrogens is 600 g/mol. The van der Waals surface area contributed by atoms with E-state index >= 15 is 0 Å². The minimum Gasteiger partial charge on any atom is -0.507 e. The number of carbonyl (C=O) groups excluding carboxylic acids is 2. The molecule has 3 aliphatic rings. The molecule has 1 aliphatic carbocycles. The maximum absolute atomic E-state index is 14.1. The smallest absolute Gasteiger partial charge is 0.234 e. The van der Waals surface area contributed by atoms with Gasteiger partial charge in [0, 0.05) is 37.0 Å². The predicted molar refractivity (Wildman–Crippen MR) is 190 cm³/mol. The summed E-state index contributed by atoms with van der Waals surface area (Å²) >= 11 is 0. The van der Waals surface area contributed by atoms with Crippen molar-refractivity contribution in [2.75, 3.05) is 19.7 Å². The van der Waals surface area contributed by atoms with Crippen molar-refractivity contribution in [2.24, 2.45) is 23.7 Å². The monoisotopic (exact) mass is 650 g/mol. The van der Waals surface area contributed by atoms with Crippen LogP contribution in [0.5, 0.6) is 5.75 Å². The van der Waals surface area contributed by atoms with Gasteiger partial charge in [-0.2, -0.15) is 0 Å². The van der Waals surface area contributed by atoms with E-state index in [2.05, 4.69) is 43.9 Å². The zero-order chi connectivity index (χ0) is 33.9. The second-order valence-corrected chi connectivity index (χ2v) is 14.2. The summed E-state index contributed by atoms with van der Waals surface area (Å²) in [5, 5.41) is 34.7. The topological polar surface area (TPSA) is 101 Å². The average molecular weight is 651 g/mol. The van der Waals surface area contributed by atoms with Crippen molar-refractivity contribution in [3.05, 3.63) is 94.6 Å². The van der Waals surface area contributed by atoms with Crippen LogP contribution in [-0.4, -0.2) is 68.8 Å². The molecular formula is C41H50N2O5. The van der Waals surface area contributed by atoms with E-state index in [-0.39, 0.29) is 36.1 Å². The Hall–Kier alpha value is -3.78. The number of likely N-dealkylation sites (tertiary alicyclic amines) is 2. The van der Waals surface area contributed by atoms with Crippen LogP contribution in [0.2, 0.25) is 0 Å². The normalized spacial score (nSPS) is 23.4. The molecule has 0 saturated carbocycles. The fourth-order valence-corrected chi connectivity index (χ4v) is 8.49. The average Bonchev–Trinajstić information content (AvgIpc) is 3.36. The Morgan fingerprint density at radius 3 is 2.29 bits per heavy atom. The highest BCUT2D eigenvalue weighted by Crippen LogP contribution is 2.49. The molecule has 7 heteroatoms. The van der Waals surface area contributed by atoms with Gasteiger partial charge in [-0.1, -0.05) is 98.7 Å². The minimum atomic E-state index is -0.829. The lowest BCUT2D eigenvalue weighted by molar-refractivity contribution is -0.144. The van der Waals surface area contributed by atoms with Gasteiger partial charge in [0.25, 0.3) is 0 Å². The molecule has 0 aromatic heterocycles. The summed E-state index contributed by atoms with van der Waals surface area (Å²) in [5.41, 5.74) is 5.22. The molecule has 254 valence electrons. The second kappa shape index (κ2) is 14.8. The highest BCUT2D eigenvalue weighted by atomic mass is 16.3. The molecule has 0 spiro atoms. The first-order valence-electron chi connectivity index (χ1n) is 17.8. The third kappa shape index (κ3) is 6.73. The molecule has 4 atom stereocenters. The summed E-state index contributed by atoms with van der Waals surface area (Å²) in [7, 11) is 0. The summed E-state index contributed by atoms with van der Waals surface area (Å²) in [6.07, 6.45) is 5.17. The molecule has 3 aromatic carbocycles. The summed E-state index contributed by atoms with van der Waals surface area (Å²) < 4.78 is 0. The fraction of sp³-hybridized carbons (Fsp3) is 0.463. The number of phenols is 1. The summed E-state index contributed by atoms with van der Waals surface area (Å²) in [5.74, 6) is -1.65.